The second-order valence-corrected chi connectivity index (χ2v) is 11.3. The maximum absolute atomic E-state index is 13.1. The highest BCUT2D eigenvalue weighted by molar-refractivity contribution is 7.92. The van der Waals surface area contributed by atoms with E-state index in [1.54, 1.807) is 39.8 Å². The Morgan fingerprint density at radius 1 is 1.21 bits per heavy atom. The summed E-state index contributed by atoms with van der Waals surface area (Å²) >= 11 is 0. The van der Waals surface area contributed by atoms with Crippen molar-refractivity contribution in [2.24, 2.45) is 0 Å². The molecule has 1 aromatic carbocycles. The summed E-state index contributed by atoms with van der Waals surface area (Å²) in [4.78, 5) is 11.6. The van der Waals surface area contributed by atoms with Gasteiger partial charge >= 0.3 is 0 Å². The van der Waals surface area contributed by atoms with Crippen molar-refractivity contribution in [2.75, 3.05) is 30.4 Å². The van der Waals surface area contributed by atoms with E-state index in [9.17, 15) is 8.42 Å². The van der Waals surface area contributed by atoms with Gasteiger partial charge in [-0.3, -0.25) is 0 Å². The lowest BCUT2D eigenvalue weighted by Gasteiger charge is -2.35. The van der Waals surface area contributed by atoms with Crippen LogP contribution in [0.2, 0.25) is 0 Å². The molecule has 2 N–H and O–H groups in total. The molecule has 1 atom stereocenters. The largest absolute Gasteiger partial charge is 0.399 e. The Kier molecular flexibility index (Phi) is 5.87. The molecule has 7 nitrogen and oxygen atoms in total. The number of aromatic nitrogens is 2. The van der Waals surface area contributed by atoms with Gasteiger partial charge in [-0.05, 0) is 58.9 Å². The fourth-order valence-corrected chi connectivity index (χ4v) is 5.03. The maximum atomic E-state index is 13.1. The molecule has 2 aromatic rings. The predicted octanol–water partition coefficient (Wildman–Crippen LogP) is 3.01. The molecule has 158 valence electrons. The molecule has 0 saturated carbocycles. The first-order chi connectivity index (χ1) is 13.5. The van der Waals surface area contributed by atoms with Crippen LogP contribution in [-0.4, -0.2) is 49.4 Å². The molecule has 2 heterocycles. The molecule has 1 fully saturated rings. The molecule has 8 heteroatoms. The van der Waals surface area contributed by atoms with Crippen molar-refractivity contribution in [3.05, 3.63) is 36.0 Å². The van der Waals surface area contributed by atoms with Crippen LogP contribution in [0.3, 0.4) is 0 Å². The zero-order valence-electron chi connectivity index (χ0n) is 17.7. The maximum Gasteiger partial charge on any atom is 0.163 e. The smallest absolute Gasteiger partial charge is 0.163 e. The SMILES string of the molecule is CC(C)S(=O)(=O)C(C)(C)c1cc(N2CCOC[C@@H]2C)nc(-c2ccc(N)cc2)n1. The van der Waals surface area contributed by atoms with Gasteiger partial charge in [0.15, 0.2) is 15.7 Å². The normalized spacial score (nSPS) is 18.3. The summed E-state index contributed by atoms with van der Waals surface area (Å²) in [6.07, 6.45) is 0. The first-order valence-electron chi connectivity index (χ1n) is 9.87. The lowest BCUT2D eigenvalue weighted by molar-refractivity contribution is 0.0985. The van der Waals surface area contributed by atoms with E-state index < -0.39 is 19.8 Å². The highest BCUT2D eigenvalue weighted by atomic mass is 32.2. The molecule has 0 aliphatic carbocycles. The molecule has 0 unspecified atom stereocenters. The Morgan fingerprint density at radius 2 is 1.86 bits per heavy atom. The van der Waals surface area contributed by atoms with Gasteiger partial charge in [0.2, 0.25) is 0 Å². The van der Waals surface area contributed by atoms with Crippen LogP contribution in [0.5, 0.6) is 0 Å². The lowest BCUT2D eigenvalue weighted by Crippen LogP contribution is -2.44. The number of benzene rings is 1. The third-order valence-electron chi connectivity index (χ3n) is 5.49. The molecule has 0 spiro atoms. The first kappa shape index (κ1) is 21.5. The molecule has 0 amide bonds. The highest BCUT2D eigenvalue weighted by Crippen LogP contribution is 2.35. The van der Waals surface area contributed by atoms with E-state index in [2.05, 4.69) is 16.8 Å². The second kappa shape index (κ2) is 7.91. The Bertz CT molecular complexity index is 972. The summed E-state index contributed by atoms with van der Waals surface area (Å²) in [6, 6.07) is 9.23. The highest BCUT2D eigenvalue weighted by Gasteiger charge is 2.40. The number of sulfone groups is 1. The van der Waals surface area contributed by atoms with E-state index in [0.717, 1.165) is 5.56 Å². The van der Waals surface area contributed by atoms with E-state index in [1.807, 2.05) is 18.2 Å². The van der Waals surface area contributed by atoms with Gasteiger partial charge in [0.25, 0.3) is 0 Å². The molecular weight excluding hydrogens is 388 g/mol. The van der Waals surface area contributed by atoms with Crippen LogP contribution in [0.25, 0.3) is 11.4 Å². The summed E-state index contributed by atoms with van der Waals surface area (Å²) in [7, 11) is -3.45. The number of ether oxygens (including phenoxy) is 1. The number of nitrogens with zero attached hydrogens (tertiary/aromatic N) is 3. The van der Waals surface area contributed by atoms with Crippen LogP contribution in [0.15, 0.2) is 30.3 Å². The van der Waals surface area contributed by atoms with Crippen molar-refractivity contribution in [3.8, 4) is 11.4 Å². The summed E-state index contributed by atoms with van der Waals surface area (Å²) in [5.74, 6) is 1.20. The number of nitrogen functional groups attached to an aromatic ring is 1. The summed E-state index contributed by atoms with van der Waals surface area (Å²) in [6.45, 7) is 10.8. The number of rotatable bonds is 5. The van der Waals surface area contributed by atoms with E-state index in [1.165, 1.54) is 0 Å². The van der Waals surface area contributed by atoms with Crippen LogP contribution in [0, 0.1) is 0 Å². The van der Waals surface area contributed by atoms with Gasteiger partial charge in [-0.15, -0.1) is 0 Å². The number of anilines is 2. The van der Waals surface area contributed by atoms with Crippen molar-refractivity contribution in [2.45, 2.75) is 50.7 Å². The van der Waals surface area contributed by atoms with E-state index >= 15 is 0 Å². The lowest BCUT2D eigenvalue weighted by atomic mass is 10.1. The Labute approximate surface area is 173 Å². The second-order valence-electron chi connectivity index (χ2n) is 8.28. The number of morpholine rings is 1. The summed E-state index contributed by atoms with van der Waals surface area (Å²) in [5.41, 5.74) is 7.75. The van der Waals surface area contributed by atoms with Gasteiger partial charge in [-0.25, -0.2) is 18.4 Å². The van der Waals surface area contributed by atoms with E-state index in [-0.39, 0.29) is 6.04 Å². The minimum atomic E-state index is -3.45. The first-order valence-corrected chi connectivity index (χ1v) is 11.4. The predicted molar refractivity (Wildman–Crippen MR) is 117 cm³/mol. The monoisotopic (exact) mass is 418 g/mol. The zero-order chi connectivity index (χ0) is 21.4. The minimum absolute atomic E-state index is 0.135. The van der Waals surface area contributed by atoms with Crippen molar-refractivity contribution in [1.29, 1.82) is 0 Å². The standard InChI is InChI=1S/C21H30N4O3S/c1-14(2)29(26,27)21(4,5)18-12-19(25-10-11-28-13-15(25)3)24-20(23-18)16-6-8-17(22)9-7-16/h6-9,12,14-15H,10-11,13,22H2,1-5H3/t15-/m0/s1. The van der Waals surface area contributed by atoms with Crippen LogP contribution in [0.1, 0.15) is 40.3 Å². The van der Waals surface area contributed by atoms with Gasteiger partial charge in [0, 0.05) is 23.9 Å². The number of hydrogen-bond donors (Lipinski definition) is 1. The van der Waals surface area contributed by atoms with Crippen LogP contribution in [0.4, 0.5) is 11.5 Å². The quantitative estimate of drug-likeness (QED) is 0.745. The van der Waals surface area contributed by atoms with Crippen LogP contribution < -0.4 is 10.6 Å². The third-order valence-corrected chi connectivity index (χ3v) is 8.37. The Balaban J connectivity index is 2.19. The van der Waals surface area contributed by atoms with Gasteiger partial charge in [0.1, 0.15) is 10.6 Å². The molecule has 0 bridgehead atoms. The van der Waals surface area contributed by atoms with Crippen molar-refractivity contribution in [1.82, 2.24) is 9.97 Å². The van der Waals surface area contributed by atoms with Crippen molar-refractivity contribution < 1.29 is 13.2 Å². The third kappa shape index (κ3) is 4.09. The van der Waals surface area contributed by atoms with Gasteiger partial charge in [-0.1, -0.05) is 0 Å². The minimum Gasteiger partial charge on any atom is -0.399 e. The molecule has 1 saturated heterocycles. The van der Waals surface area contributed by atoms with Crippen LogP contribution in [-0.2, 0) is 19.3 Å². The average Bonchev–Trinajstić information content (AvgIpc) is 2.68. The molecule has 1 aromatic heterocycles. The average molecular weight is 419 g/mol. The molecule has 1 aliphatic heterocycles. The van der Waals surface area contributed by atoms with Gasteiger partial charge in [-0.2, -0.15) is 0 Å². The number of nitrogens with two attached hydrogens (primary N) is 1. The topological polar surface area (TPSA) is 98.4 Å². The van der Waals surface area contributed by atoms with Crippen molar-refractivity contribution in [3.63, 3.8) is 0 Å². The fourth-order valence-electron chi connectivity index (χ4n) is 3.45. The Hall–Kier alpha value is -2.19. The zero-order valence-corrected chi connectivity index (χ0v) is 18.5. The molecular formula is C21H30N4O3S. The van der Waals surface area contributed by atoms with E-state index in [4.69, 9.17) is 15.5 Å². The molecule has 1 aliphatic rings. The summed E-state index contributed by atoms with van der Waals surface area (Å²) < 4.78 is 30.6. The fraction of sp³-hybridized carbons (Fsp3) is 0.524. The van der Waals surface area contributed by atoms with Crippen LogP contribution >= 0.6 is 0 Å². The van der Waals surface area contributed by atoms with Gasteiger partial charge < -0.3 is 15.4 Å². The van der Waals surface area contributed by atoms with Crippen molar-refractivity contribution >= 4 is 21.3 Å². The van der Waals surface area contributed by atoms with E-state index in [0.29, 0.717) is 42.8 Å². The molecule has 0 radical (unpaired) electrons. The summed E-state index contributed by atoms with van der Waals surface area (Å²) in [5, 5.41) is -0.516. The molecule has 29 heavy (non-hydrogen) atoms. The van der Waals surface area contributed by atoms with Gasteiger partial charge in [0.05, 0.1) is 30.2 Å². The Morgan fingerprint density at radius 3 is 2.45 bits per heavy atom. The number of hydrogen-bond acceptors (Lipinski definition) is 7. The molecule has 3 rings (SSSR count).